The highest BCUT2D eigenvalue weighted by Crippen LogP contribution is 2.19. The minimum atomic E-state index is 0.419. The Labute approximate surface area is 115 Å². The van der Waals surface area contributed by atoms with Crippen molar-refractivity contribution in [1.29, 1.82) is 0 Å². The lowest BCUT2D eigenvalue weighted by Crippen LogP contribution is -1.88. The monoisotopic (exact) mass is 252 g/mol. The molecule has 19 heavy (non-hydrogen) atoms. The molecule has 2 rings (SSSR count). The van der Waals surface area contributed by atoms with Gasteiger partial charge < -0.3 is 4.74 Å². The summed E-state index contributed by atoms with van der Waals surface area (Å²) in [5.41, 5.74) is 3.84. The number of hydrogen-bond donors (Lipinski definition) is 0. The van der Waals surface area contributed by atoms with Gasteiger partial charge in [0.25, 0.3) is 0 Å². The van der Waals surface area contributed by atoms with E-state index in [9.17, 15) is 0 Å². The predicted octanol–water partition coefficient (Wildman–Crippen LogP) is 4.82. The minimum absolute atomic E-state index is 0.419. The van der Waals surface area contributed by atoms with Crippen molar-refractivity contribution in [1.82, 2.24) is 0 Å². The van der Waals surface area contributed by atoms with Gasteiger partial charge in [0.2, 0.25) is 0 Å². The Morgan fingerprint density at radius 1 is 0.947 bits per heavy atom. The Kier molecular flexibility index (Phi) is 4.40. The van der Waals surface area contributed by atoms with Crippen molar-refractivity contribution in [2.75, 3.05) is 7.11 Å². The van der Waals surface area contributed by atoms with Crippen LogP contribution >= 0.6 is 0 Å². The first kappa shape index (κ1) is 13.4. The van der Waals surface area contributed by atoms with Gasteiger partial charge in [0, 0.05) is 0 Å². The first-order chi connectivity index (χ1) is 9.19. The fourth-order valence-corrected chi connectivity index (χ4v) is 1.95. The third kappa shape index (κ3) is 3.72. The standard InChI is InChI=1S/C18H20O/c1-14-4-10-17(11-5-14)15(2)6-7-16-8-12-18(19-3)13-9-16/h4-13,15H,1-3H3/b7-6+. The Morgan fingerprint density at radius 3 is 2.16 bits per heavy atom. The van der Waals surface area contributed by atoms with E-state index in [4.69, 9.17) is 4.74 Å². The molecule has 2 aromatic rings. The van der Waals surface area contributed by atoms with E-state index in [0.717, 1.165) is 5.75 Å². The van der Waals surface area contributed by atoms with Crippen molar-refractivity contribution in [3.05, 3.63) is 71.3 Å². The van der Waals surface area contributed by atoms with Gasteiger partial charge in [0.05, 0.1) is 7.11 Å². The van der Waals surface area contributed by atoms with Crippen LogP contribution in [0.3, 0.4) is 0 Å². The number of benzene rings is 2. The van der Waals surface area contributed by atoms with Crippen molar-refractivity contribution in [3.8, 4) is 5.75 Å². The Hall–Kier alpha value is -2.02. The summed E-state index contributed by atoms with van der Waals surface area (Å²) in [7, 11) is 1.68. The zero-order chi connectivity index (χ0) is 13.7. The van der Waals surface area contributed by atoms with E-state index in [1.807, 2.05) is 12.1 Å². The van der Waals surface area contributed by atoms with Gasteiger partial charge in [-0.05, 0) is 36.1 Å². The van der Waals surface area contributed by atoms with E-state index in [1.54, 1.807) is 7.11 Å². The topological polar surface area (TPSA) is 9.23 Å². The number of aryl methyl sites for hydroxylation is 1. The molecule has 0 heterocycles. The molecule has 98 valence electrons. The molecule has 1 atom stereocenters. The van der Waals surface area contributed by atoms with E-state index in [2.05, 4.69) is 62.4 Å². The maximum atomic E-state index is 5.15. The second-order valence-electron chi connectivity index (χ2n) is 4.83. The fourth-order valence-electron chi connectivity index (χ4n) is 1.95. The van der Waals surface area contributed by atoms with E-state index in [0.29, 0.717) is 5.92 Å². The summed E-state index contributed by atoms with van der Waals surface area (Å²) in [4.78, 5) is 0. The molecule has 0 fully saturated rings. The summed E-state index contributed by atoms with van der Waals surface area (Å²) >= 11 is 0. The number of rotatable bonds is 4. The van der Waals surface area contributed by atoms with Crippen LogP contribution < -0.4 is 4.74 Å². The number of allylic oxidation sites excluding steroid dienone is 1. The highest BCUT2D eigenvalue weighted by molar-refractivity contribution is 5.52. The molecule has 1 unspecified atom stereocenters. The highest BCUT2D eigenvalue weighted by atomic mass is 16.5. The summed E-state index contributed by atoms with van der Waals surface area (Å²) in [5, 5.41) is 0. The Bertz CT molecular complexity index is 535. The third-order valence-corrected chi connectivity index (χ3v) is 3.30. The molecule has 0 N–H and O–H groups in total. The summed E-state index contributed by atoms with van der Waals surface area (Å²) in [6, 6.07) is 16.8. The van der Waals surface area contributed by atoms with Crippen LogP contribution in [-0.2, 0) is 0 Å². The van der Waals surface area contributed by atoms with Crippen LogP contribution in [0, 0.1) is 6.92 Å². The second-order valence-corrected chi connectivity index (χ2v) is 4.83. The predicted molar refractivity (Wildman–Crippen MR) is 81.6 cm³/mol. The first-order valence-electron chi connectivity index (χ1n) is 6.58. The third-order valence-electron chi connectivity index (χ3n) is 3.30. The molecule has 0 bridgehead atoms. The SMILES string of the molecule is COc1ccc(/C=C/C(C)c2ccc(C)cc2)cc1. The van der Waals surface area contributed by atoms with Crippen molar-refractivity contribution in [3.63, 3.8) is 0 Å². The molecular weight excluding hydrogens is 232 g/mol. The maximum Gasteiger partial charge on any atom is 0.118 e. The van der Waals surface area contributed by atoms with Crippen molar-refractivity contribution < 1.29 is 4.74 Å². The molecule has 2 aromatic carbocycles. The van der Waals surface area contributed by atoms with Gasteiger partial charge >= 0.3 is 0 Å². The Morgan fingerprint density at radius 2 is 1.58 bits per heavy atom. The van der Waals surface area contributed by atoms with Crippen LogP contribution in [0.15, 0.2) is 54.6 Å². The van der Waals surface area contributed by atoms with Crippen molar-refractivity contribution in [2.24, 2.45) is 0 Å². The number of methoxy groups -OCH3 is 1. The average molecular weight is 252 g/mol. The van der Waals surface area contributed by atoms with Crippen LogP contribution in [0.2, 0.25) is 0 Å². The van der Waals surface area contributed by atoms with Gasteiger partial charge in [0.1, 0.15) is 5.75 Å². The van der Waals surface area contributed by atoms with Crippen LogP contribution in [0.25, 0.3) is 6.08 Å². The normalized spacial score (nSPS) is 12.6. The number of hydrogen-bond acceptors (Lipinski definition) is 1. The molecule has 0 saturated carbocycles. The van der Waals surface area contributed by atoms with Crippen LogP contribution in [0.4, 0.5) is 0 Å². The number of ether oxygens (including phenoxy) is 1. The molecule has 0 amide bonds. The smallest absolute Gasteiger partial charge is 0.118 e. The van der Waals surface area contributed by atoms with Gasteiger partial charge in [-0.15, -0.1) is 0 Å². The molecule has 0 radical (unpaired) electrons. The van der Waals surface area contributed by atoms with Gasteiger partial charge in [-0.2, -0.15) is 0 Å². The van der Waals surface area contributed by atoms with E-state index in [-0.39, 0.29) is 0 Å². The van der Waals surface area contributed by atoms with E-state index < -0.39 is 0 Å². The summed E-state index contributed by atoms with van der Waals surface area (Å²) in [6.07, 6.45) is 4.39. The van der Waals surface area contributed by atoms with Crippen molar-refractivity contribution in [2.45, 2.75) is 19.8 Å². The lowest BCUT2D eigenvalue weighted by molar-refractivity contribution is 0.415. The van der Waals surface area contributed by atoms with Gasteiger partial charge in [-0.1, -0.05) is 61.0 Å². The molecule has 0 aromatic heterocycles. The van der Waals surface area contributed by atoms with Crippen molar-refractivity contribution >= 4 is 6.08 Å². The van der Waals surface area contributed by atoms with E-state index >= 15 is 0 Å². The first-order valence-corrected chi connectivity index (χ1v) is 6.58. The summed E-state index contributed by atoms with van der Waals surface area (Å²) in [5.74, 6) is 1.31. The van der Waals surface area contributed by atoms with Crippen LogP contribution in [0.1, 0.15) is 29.5 Å². The molecule has 1 heteroatoms. The summed E-state index contributed by atoms with van der Waals surface area (Å²) < 4.78 is 5.15. The molecule has 0 spiro atoms. The molecule has 0 aliphatic rings. The lowest BCUT2D eigenvalue weighted by Gasteiger charge is -2.07. The second kappa shape index (κ2) is 6.24. The fraction of sp³-hybridized carbons (Fsp3) is 0.222. The molecule has 1 nitrogen and oxygen atoms in total. The molecular formula is C18H20O. The van der Waals surface area contributed by atoms with Crippen LogP contribution in [-0.4, -0.2) is 7.11 Å². The highest BCUT2D eigenvalue weighted by Gasteiger charge is 2.00. The quantitative estimate of drug-likeness (QED) is 0.758. The zero-order valence-corrected chi connectivity index (χ0v) is 11.8. The van der Waals surface area contributed by atoms with Gasteiger partial charge in [0.15, 0.2) is 0 Å². The molecule has 0 saturated heterocycles. The molecule has 0 aliphatic heterocycles. The Balaban J connectivity index is 2.06. The van der Waals surface area contributed by atoms with Crippen LogP contribution in [0.5, 0.6) is 5.75 Å². The molecule has 0 aliphatic carbocycles. The zero-order valence-electron chi connectivity index (χ0n) is 11.8. The van der Waals surface area contributed by atoms with Gasteiger partial charge in [-0.3, -0.25) is 0 Å². The van der Waals surface area contributed by atoms with Gasteiger partial charge in [-0.25, -0.2) is 0 Å². The largest absolute Gasteiger partial charge is 0.497 e. The summed E-state index contributed by atoms with van der Waals surface area (Å²) in [6.45, 7) is 4.33. The minimum Gasteiger partial charge on any atom is -0.497 e. The van der Waals surface area contributed by atoms with E-state index in [1.165, 1.54) is 16.7 Å². The maximum absolute atomic E-state index is 5.15. The average Bonchev–Trinajstić information content (AvgIpc) is 2.46. The lowest BCUT2D eigenvalue weighted by atomic mass is 9.99.